The molecule has 0 amide bonds. The summed E-state index contributed by atoms with van der Waals surface area (Å²) in [6.07, 6.45) is 0.234. The van der Waals surface area contributed by atoms with Crippen molar-refractivity contribution < 1.29 is 14.7 Å². The molecule has 134 valence electrons. The molecule has 0 bridgehead atoms. The fourth-order valence-corrected chi connectivity index (χ4v) is 4.31. The van der Waals surface area contributed by atoms with Crippen molar-refractivity contribution in [1.82, 2.24) is 0 Å². The number of nitrogens with two attached hydrogens (primary N) is 1. The number of hydrogen-bond donors (Lipinski definition) is 2. The van der Waals surface area contributed by atoms with Gasteiger partial charge in [0.05, 0.1) is 0 Å². The van der Waals surface area contributed by atoms with Crippen molar-refractivity contribution in [3.8, 4) is 0 Å². The summed E-state index contributed by atoms with van der Waals surface area (Å²) in [7, 11) is 0. The van der Waals surface area contributed by atoms with Crippen molar-refractivity contribution in [3.63, 3.8) is 0 Å². The molecule has 4 rings (SSSR count). The molecule has 0 fully saturated rings. The molecule has 0 spiro atoms. The van der Waals surface area contributed by atoms with E-state index in [-0.39, 0.29) is 12.2 Å². The van der Waals surface area contributed by atoms with Gasteiger partial charge in [0.15, 0.2) is 5.78 Å². The van der Waals surface area contributed by atoms with Crippen LogP contribution in [-0.2, 0) is 11.2 Å². The summed E-state index contributed by atoms with van der Waals surface area (Å²) < 4.78 is 2.29. The number of fused-ring (bicyclic) bond motifs is 3. The van der Waals surface area contributed by atoms with Gasteiger partial charge in [-0.05, 0) is 24.1 Å². The van der Waals surface area contributed by atoms with Gasteiger partial charge >= 0.3 is 5.97 Å². The highest BCUT2D eigenvalue weighted by Gasteiger charge is 2.14. The zero-order valence-corrected chi connectivity index (χ0v) is 15.2. The molecule has 0 saturated carbocycles. The number of ketones is 1. The maximum atomic E-state index is 12.8. The molecule has 3 N–H and O–H groups in total. The number of aliphatic carboxylic acids is 1. The molecule has 4 aromatic rings. The Bertz CT molecular complexity index is 1160. The predicted octanol–water partition coefficient (Wildman–Crippen LogP) is 4.24. The first-order valence-electron chi connectivity index (χ1n) is 8.56. The number of hydrogen-bond acceptors (Lipinski definition) is 4. The Hall–Kier alpha value is -3.02. The van der Waals surface area contributed by atoms with E-state index in [1.165, 1.54) is 10.1 Å². The summed E-state index contributed by atoms with van der Waals surface area (Å²) in [5.41, 5.74) is 7.56. The van der Waals surface area contributed by atoms with E-state index < -0.39 is 12.0 Å². The molecular formula is C22H17NO3S. The quantitative estimate of drug-likeness (QED) is 0.511. The molecule has 3 aromatic carbocycles. The van der Waals surface area contributed by atoms with E-state index >= 15 is 0 Å². The standard InChI is InChI=1S/C22H17NO3S/c23-18(22(25)26)11-13-5-7-14(8-6-13)21(24)15-9-10-17-16-3-1-2-4-19(16)27-20(17)12-15/h1-10,12,18H,11,23H2,(H,25,26)/t18-/m0/s1. The topological polar surface area (TPSA) is 80.4 Å². The van der Waals surface area contributed by atoms with Gasteiger partial charge in [0.2, 0.25) is 0 Å². The van der Waals surface area contributed by atoms with E-state index in [0.717, 1.165) is 15.6 Å². The van der Waals surface area contributed by atoms with E-state index in [0.29, 0.717) is 11.1 Å². The third-order valence-electron chi connectivity index (χ3n) is 4.63. The molecule has 4 nitrogen and oxygen atoms in total. The minimum Gasteiger partial charge on any atom is -0.480 e. The van der Waals surface area contributed by atoms with Gasteiger partial charge in [0, 0.05) is 31.3 Å². The Morgan fingerprint density at radius 3 is 2.30 bits per heavy atom. The maximum Gasteiger partial charge on any atom is 0.320 e. The van der Waals surface area contributed by atoms with Crippen molar-refractivity contribution in [2.75, 3.05) is 0 Å². The van der Waals surface area contributed by atoms with Crippen LogP contribution < -0.4 is 5.73 Å². The highest BCUT2D eigenvalue weighted by atomic mass is 32.1. The Balaban J connectivity index is 1.62. The molecular weight excluding hydrogens is 358 g/mol. The third kappa shape index (κ3) is 3.35. The molecule has 0 saturated heterocycles. The minimum absolute atomic E-state index is 0.0524. The average Bonchev–Trinajstić information content (AvgIpc) is 3.05. The van der Waals surface area contributed by atoms with Crippen LogP contribution >= 0.6 is 11.3 Å². The summed E-state index contributed by atoms with van der Waals surface area (Å²) in [5.74, 6) is -1.09. The van der Waals surface area contributed by atoms with Crippen LogP contribution in [0.1, 0.15) is 21.5 Å². The smallest absolute Gasteiger partial charge is 0.320 e. The number of carboxylic acid groups (broad SMARTS) is 1. The SMILES string of the molecule is N[C@@H](Cc1ccc(C(=O)c2ccc3c(c2)sc2ccccc23)cc1)C(=O)O. The van der Waals surface area contributed by atoms with Crippen LogP contribution in [0.5, 0.6) is 0 Å². The van der Waals surface area contributed by atoms with Crippen LogP contribution in [0.15, 0.2) is 66.7 Å². The van der Waals surface area contributed by atoms with Crippen LogP contribution in [0.25, 0.3) is 20.2 Å². The summed E-state index contributed by atoms with van der Waals surface area (Å²) in [6, 6.07) is 20.0. The first kappa shape index (κ1) is 17.4. The largest absolute Gasteiger partial charge is 0.480 e. The van der Waals surface area contributed by atoms with E-state index in [9.17, 15) is 9.59 Å². The van der Waals surface area contributed by atoms with Gasteiger partial charge in [-0.1, -0.05) is 54.6 Å². The van der Waals surface area contributed by atoms with Crippen LogP contribution in [0.4, 0.5) is 0 Å². The Morgan fingerprint density at radius 1 is 0.889 bits per heavy atom. The Labute approximate surface area is 159 Å². The number of thiophene rings is 1. The number of carbonyl (C=O) groups excluding carboxylic acids is 1. The molecule has 1 heterocycles. The molecule has 0 aliphatic carbocycles. The van der Waals surface area contributed by atoms with Gasteiger partial charge in [0.25, 0.3) is 0 Å². The van der Waals surface area contributed by atoms with Crippen molar-refractivity contribution in [2.24, 2.45) is 5.73 Å². The highest BCUT2D eigenvalue weighted by molar-refractivity contribution is 7.25. The third-order valence-corrected chi connectivity index (χ3v) is 5.76. The lowest BCUT2D eigenvalue weighted by atomic mass is 9.99. The number of carbonyl (C=O) groups is 2. The number of rotatable bonds is 5. The van der Waals surface area contributed by atoms with Gasteiger partial charge in [-0.15, -0.1) is 11.3 Å². The average molecular weight is 375 g/mol. The Kier molecular flexibility index (Phi) is 4.48. The van der Waals surface area contributed by atoms with Crippen LogP contribution in [0.3, 0.4) is 0 Å². The van der Waals surface area contributed by atoms with Crippen molar-refractivity contribution in [1.29, 1.82) is 0 Å². The summed E-state index contributed by atoms with van der Waals surface area (Å²) in [4.78, 5) is 23.7. The minimum atomic E-state index is -1.04. The van der Waals surface area contributed by atoms with E-state index in [4.69, 9.17) is 10.8 Å². The normalized spacial score (nSPS) is 12.3. The van der Waals surface area contributed by atoms with Crippen LogP contribution in [0, 0.1) is 0 Å². The molecule has 27 heavy (non-hydrogen) atoms. The molecule has 0 aliphatic heterocycles. The molecule has 1 atom stereocenters. The van der Waals surface area contributed by atoms with Gasteiger partial charge in [0.1, 0.15) is 6.04 Å². The molecule has 0 radical (unpaired) electrons. The zero-order valence-electron chi connectivity index (χ0n) is 14.4. The van der Waals surface area contributed by atoms with E-state index in [1.807, 2.05) is 30.3 Å². The van der Waals surface area contributed by atoms with Crippen molar-refractivity contribution >= 4 is 43.3 Å². The first-order valence-corrected chi connectivity index (χ1v) is 9.38. The summed E-state index contributed by atoms with van der Waals surface area (Å²) >= 11 is 1.68. The van der Waals surface area contributed by atoms with Crippen molar-refractivity contribution in [2.45, 2.75) is 12.5 Å². The van der Waals surface area contributed by atoms with Gasteiger partial charge in [-0.3, -0.25) is 9.59 Å². The van der Waals surface area contributed by atoms with Gasteiger partial charge in [-0.2, -0.15) is 0 Å². The predicted molar refractivity (Wildman–Crippen MR) is 109 cm³/mol. The van der Waals surface area contributed by atoms with E-state index in [2.05, 4.69) is 12.1 Å². The first-order chi connectivity index (χ1) is 13.0. The van der Waals surface area contributed by atoms with Crippen LogP contribution in [0.2, 0.25) is 0 Å². The molecule has 5 heteroatoms. The lowest BCUT2D eigenvalue weighted by Crippen LogP contribution is -2.32. The number of benzene rings is 3. The lowest BCUT2D eigenvalue weighted by molar-refractivity contribution is -0.138. The molecule has 0 unspecified atom stereocenters. The lowest BCUT2D eigenvalue weighted by Gasteiger charge is -2.07. The van der Waals surface area contributed by atoms with Crippen LogP contribution in [-0.4, -0.2) is 22.9 Å². The van der Waals surface area contributed by atoms with E-state index in [1.54, 1.807) is 35.6 Å². The van der Waals surface area contributed by atoms with Gasteiger partial charge in [-0.25, -0.2) is 0 Å². The fourth-order valence-electron chi connectivity index (χ4n) is 3.17. The monoisotopic (exact) mass is 375 g/mol. The molecule has 1 aromatic heterocycles. The number of carboxylic acids is 1. The summed E-state index contributed by atoms with van der Waals surface area (Å²) in [5, 5.41) is 11.3. The highest BCUT2D eigenvalue weighted by Crippen LogP contribution is 2.34. The summed E-state index contributed by atoms with van der Waals surface area (Å²) in [6.45, 7) is 0. The maximum absolute atomic E-state index is 12.8. The fraction of sp³-hybridized carbons (Fsp3) is 0.0909. The molecule has 0 aliphatic rings. The zero-order chi connectivity index (χ0) is 19.0. The Morgan fingerprint density at radius 2 is 1.56 bits per heavy atom. The second-order valence-corrected chi connectivity index (χ2v) is 7.57. The van der Waals surface area contributed by atoms with Gasteiger partial charge < -0.3 is 10.8 Å². The van der Waals surface area contributed by atoms with Crippen molar-refractivity contribution in [3.05, 3.63) is 83.4 Å². The second-order valence-electron chi connectivity index (χ2n) is 6.48. The second kappa shape index (κ2) is 6.95.